The monoisotopic (exact) mass is 340 g/mol. The third-order valence-electron chi connectivity index (χ3n) is 3.69. The molecule has 5 nitrogen and oxygen atoms in total. The van der Waals surface area contributed by atoms with Crippen molar-refractivity contribution in [3.63, 3.8) is 0 Å². The molecule has 0 heterocycles. The molecule has 0 bridgehead atoms. The summed E-state index contributed by atoms with van der Waals surface area (Å²) in [5.41, 5.74) is 2.22. The third kappa shape index (κ3) is 5.35. The first-order chi connectivity index (χ1) is 11.9. The SMILES string of the molecule is Cc1ccccc1OC(C)C(=O)Nc1cccc(NC(=O)C(C)C)c1. The Balaban J connectivity index is 2.00. The van der Waals surface area contributed by atoms with Crippen molar-refractivity contribution < 1.29 is 14.3 Å². The van der Waals surface area contributed by atoms with Gasteiger partial charge in [-0.05, 0) is 43.7 Å². The summed E-state index contributed by atoms with van der Waals surface area (Å²) in [5, 5.41) is 5.62. The van der Waals surface area contributed by atoms with E-state index in [1.54, 1.807) is 31.2 Å². The molecule has 5 heteroatoms. The van der Waals surface area contributed by atoms with E-state index in [4.69, 9.17) is 4.74 Å². The number of amides is 2. The molecule has 1 unspecified atom stereocenters. The lowest BCUT2D eigenvalue weighted by molar-refractivity contribution is -0.122. The van der Waals surface area contributed by atoms with Crippen LogP contribution in [0.25, 0.3) is 0 Å². The molecule has 132 valence electrons. The molecule has 0 aromatic heterocycles. The quantitative estimate of drug-likeness (QED) is 0.835. The lowest BCUT2D eigenvalue weighted by Crippen LogP contribution is -2.30. The number of benzene rings is 2. The van der Waals surface area contributed by atoms with Crippen molar-refractivity contribution >= 4 is 23.2 Å². The van der Waals surface area contributed by atoms with E-state index in [9.17, 15) is 9.59 Å². The number of ether oxygens (including phenoxy) is 1. The molecule has 2 amide bonds. The molecule has 0 saturated heterocycles. The van der Waals surface area contributed by atoms with Crippen LogP contribution in [0.1, 0.15) is 26.3 Å². The molecule has 0 radical (unpaired) electrons. The Kier molecular flexibility index (Phi) is 6.17. The minimum Gasteiger partial charge on any atom is -0.481 e. The number of hydrogen-bond donors (Lipinski definition) is 2. The molecule has 0 fully saturated rings. The second-order valence-electron chi connectivity index (χ2n) is 6.24. The lowest BCUT2D eigenvalue weighted by atomic mass is 10.2. The Labute approximate surface area is 148 Å². The molecule has 0 saturated carbocycles. The number of carbonyl (C=O) groups is 2. The highest BCUT2D eigenvalue weighted by atomic mass is 16.5. The third-order valence-corrected chi connectivity index (χ3v) is 3.69. The van der Waals surface area contributed by atoms with Crippen molar-refractivity contribution in [2.45, 2.75) is 33.8 Å². The van der Waals surface area contributed by atoms with Gasteiger partial charge in [0.2, 0.25) is 5.91 Å². The Bertz CT molecular complexity index is 756. The van der Waals surface area contributed by atoms with Crippen molar-refractivity contribution in [2.75, 3.05) is 10.6 Å². The van der Waals surface area contributed by atoms with Gasteiger partial charge in [-0.1, -0.05) is 38.1 Å². The van der Waals surface area contributed by atoms with Crippen molar-refractivity contribution in [1.82, 2.24) is 0 Å². The first kappa shape index (κ1) is 18.5. The van der Waals surface area contributed by atoms with E-state index >= 15 is 0 Å². The van der Waals surface area contributed by atoms with Crippen LogP contribution >= 0.6 is 0 Å². The fourth-order valence-corrected chi connectivity index (χ4v) is 2.14. The van der Waals surface area contributed by atoms with Crippen LogP contribution in [-0.4, -0.2) is 17.9 Å². The number of rotatable bonds is 6. The second-order valence-corrected chi connectivity index (χ2v) is 6.24. The minimum atomic E-state index is -0.644. The van der Waals surface area contributed by atoms with Crippen molar-refractivity contribution in [2.24, 2.45) is 5.92 Å². The summed E-state index contributed by atoms with van der Waals surface area (Å²) in [7, 11) is 0. The summed E-state index contributed by atoms with van der Waals surface area (Å²) in [4.78, 5) is 24.1. The summed E-state index contributed by atoms with van der Waals surface area (Å²) in [5.74, 6) is 0.249. The molecule has 0 spiro atoms. The van der Waals surface area contributed by atoms with Crippen LogP contribution in [0.4, 0.5) is 11.4 Å². The normalized spacial score (nSPS) is 11.7. The first-order valence-corrected chi connectivity index (χ1v) is 8.31. The van der Waals surface area contributed by atoms with Gasteiger partial charge in [-0.3, -0.25) is 9.59 Å². The largest absolute Gasteiger partial charge is 0.481 e. The highest BCUT2D eigenvalue weighted by molar-refractivity contribution is 5.96. The van der Waals surface area contributed by atoms with Crippen molar-refractivity contribution in [1.29, 1.82) is 0 Å². The van der Waals surface area contributed by atoms with Crippen LogP contribution in [0.3, 0.4) is 0 Å². The second kappa shape index (κ2) is 8.33. The Morgan fingerprint density at radius 1 is 0.880 bits per heavy atom. The van der Waals surface area contributed by atoms with E-state index in [2.05, 4.69) is 10.6 Å². The van der Waals surface area contributed by atoms with Gasteiger partial charge >= 0.3 is 0 Å². The number of carbonyl (C=O) groups excluding carboxylic acids is 2. The molecule has 25 heavy (non-hydrogen) atoms. The summed E-state index contributed by atoms with van der Waals surface area (Å²) in [6.07, 6.45) is -0.644. The molecule has 0 aliphatic rings. The number of nitrogens with one attached hydrogen (secondary N) is 2. The Hall–Kier alpha value is -2.82. The number of para-hydroxylation sites is 1. The van der Waals surface area contributed by atoms with Crippen LogP contribution in [-0.2, 0) is 9.59 Å². The fraction of sp³-hybridized carbons (Fsp3) is 0.300. The minimum absolute atomic E-state index is 0.0697. The maximum atomic E-state index is 12.3. The van der Waals surface area contributed by atoms with E-state index in [1.807, 2.05) is 45.0 Å². The maximum absolute atomic E-state index is 12.3. The average molecular weight is 340 g/mol. The van der Waals surface area contributed by atoms with Crippen LogP contribution < -0.4 is 15.4 Å². The fourth-order valence-electron chi connectivity index (χ4n) is 2.14. The van der Waals surface area contributed by atoms with Crippen LogP contribution in [0.5, 0.6) is 5.75 Å². The zero-order valence-electron chi connectivity index (χ0n) is 15.0. The van der Waals surface area contributed by atoms with Crippen LogP contribution in [0, 0.1) is 12.8 Å². The van der Waals surface area contributed by atoms with Crippen molar-refractivity contribution in [3.8, 4) is 5.75 Å². The molecule has 2 N–H and O–H groups in total. The average Bonchev–Trinajstić information content (AvgIpc) is 2.57. The molecular weight excluding hydrogens is 316 g/mol. The standard InChI is InChI=1S/C20H24N2O3/c1-13(2)19(23)21-16-9-7-10-17(12-16)22-20(24)15(4)25-18-11-6-5-8-14(18)3/h5-13,15H,1-4H3,(H,21,23)(H,22,24). The number of anilines is 2. The highest BCUT2D eigenvalue weighted by Gasteiger charge is 2.16. The summed E-state index contributed by atoms with van der Waals surface area (Å²) in [6.45, 7) is 7.28. The molecule has 2 rings (SSSR count). The number of aryl methyl sites for hydroxylation is 1. The molecule has 0 aliphatic carbocycles. The van der Waals surface area contributed by atoms with Gasteiger partial charge in [0.15, 0.2) is 6.10 Å². The van der Waals surface area contributed by atoms with E-state index in [0.717, 1.165) is 5.56 Å². The zero-order chi connectivity index (χ0) is 18.4. The predicted molar refractivity (Wildman–Crippen MR) is 99.8 cm³/mol. The molecule has 2 aromatic carbocycles. The Morgan fingerprint density at radius 2 is 1.48 bits per heavy atom. The van der Waals surface area contributed by atoms with Crippen LogP contribution in [0.15, 0.2) is 48.5 Å². The van der Waals surface area contributed by atoms with Crippen LogP contribution in [0.2, 0.25) is 0 Å². The van der Waals surface area contributed by atoms with E-state index in [0.29, 0.717) is 17.1 Å². The van der Waals surface area contributed by atoms with E-state index in [1.165, 1.54) is 0 Å². The molecule has 1 atom stereocenters. The molecule has 0 aliphatic heterocycles. The van der Waals surface area contributed by atoms with Gasteiger partial charge in [0.1, 0.15) is 5.75 Å². The van der Waals surface area contributed by atoms with Gasteiger partial charge in [0.25, 0.3) is 5.91 Å². The summed E-state index contributed by atoms with van der Waals surface area (Å²) in [6, 6.07) is 14.6. The summed E-state index contributed by atoms with van der Waals surface area (Å²) >= 11 is 0. The maximum Gasteiger partial charge on any atom is 0.265 e. The van der Waals surface area contributed by atoms with Gasteiger partial charge < -0.3 is 15.4 Å². The van der Waals surface area contributed by atoms with Gasteiger partial charge in [-0.25, -0.2) is 0 Å². The molecular formula is C20H24N2O3. The van der Waals surface area contributed by atoms with E-state index in [-0.39, 0.29) is 17.7 Å². The van der Waals surface area contributed by atoms with Gasteiger partial charge in [0.05, 0.1) is 0 Å². The van der Waals surface area contributed by atoms with Gasteiger partial charge in [-0.2, -0.15) is 0 Å². The molecule has 2 aromatic rings. The topological polar surface area (TPSA) is 67.4 Å². The van der Waals surface area contributed by atoms with Gasteiger partial charge in [-0.15, -0.1) is 0 Å². The summed E-state index contributed by atoms with van der Waals surface area (Å²) < 4.78 is 5.72. The van der Waals surface area contributed by atoms with E-state index < -0.39 is 6.10 Å². The first-order valence-electron chi connectivity index (χ1n) is 8.31. The predicted octanol–water partition coefficient (Wildman–Crippen LogP) is 4.00. The number of hydrogen-bond acceptors (Lipinski definition) is 3. The van der Waals surface area contributed by atoms with Gasteiger partial charge in [0, 0.05) is 17.3 Å². The Morgan fingerprint density at radius 3 is 2.08 bits per heavy atom. The smallest absolute Gasteiger partial charge is 0.265 e. The highest BCUT2D eigenvalue weighted by Crippen LogP contribution is 2.19. The zero-order valence-corrected chi connectivity index (χ0v) is 15.0. The lowest BCUT2D eigenvalue weighted by Gasteiger charge is -2.16. The van der Waals surface area contributed by atoms with Crippen molar-refractivity contribution in [3.05, 3.63) is 54.1 Å².